The molecule has 88 valence electrons. The van der Waals surface area contributed by atoms with E-state index in [9.17, 15) is 14.0 Å². The minimum Gasteiger partial charge on any atom is -0.314 e. The van der Waals surface area contributed by atoms with Crippen LogP contribution in [-0.4, -0.2) is 9.55 Å². The van der Waals surface area contributed by atoms with Gasteiger partial charge in [-0.25, -0.2) is 9.18 Å². The second-order valence-corrected chi connectivity index (χ2v) is 3.85. The van der Waals surface area contributed by atoms with Crippen LogP contribution in [0.4, 0.5) is 4.39 Å². The average Bonchev–Trinajstić information content (AvgIpc) is 2.28. The van der Waals surface area contributed by atoms with E-state index in [2.05, 4.69) is 4.98 Å². The maximum atomic E-state index is 13.0. The normalized spacial score (nSPS) is 10.5. The summed E-state index contributed by atoms with van der Waals surface area (Å²) in [6, 6.07) is 5.01. The van der Waals surface area contributed by atoms with Crippen LogP contribution < -0.4 is 11.2 Å². The van der Waals surface area contributed by atoms with E-state index in [4.69, 9.17) is 11.6 Å². The molecule has 0 aliphatic carbocycles. The summed E-state index contributed by atoms with van der Waals surface area (Å²) in [4.78, 5) is 25.2. The summed E-state index contributed by atoms with van der Waals surface area (Å²) < 4.78 is 14.0. The average molecular weight is 255 g/mol. The van der Waals surface area contributed by atoms with Crippen LogP contribution >= 0.6 is 11.6 Å². The van der Waals surface area contributed by atoms with E-state index < -0.39 is 17.1 Å². The van der Waals surface area contributed by atoms with Crippen LogP contribution in [-0.2, 0) is 6.54 Å². The van der Waals surface area contributed by atoms with Crippen LogP contribution in [0.25, 0.3) is 0 Å². The number of hydrogen-bond donors (Lipinski definition) is 1. The first kappa shape index (κ1) is 11.6. The zero-order valence-corrected chi connectivity index (χ0v) is 9.37. The molecule has 4 nitrogen and oxygen atoms in total. The lowest BCUT2D eigenvalue weighted by Gasteiger charge is -2.06. The second-order valence-electron chi connectivity index (χ2n) is 3.44. The van der Waals surface area contributed by atoms with E-state index >= 15 is 0 Å². The van der Waals surface area contributed by atoms with E-state index in [0.717, 1.165) is 4.57 Å². The number of hydrogen-bond acceptors (Lipinski definition) is 2. The van der Waals surface area contributed by atoms with Crippen molar-refractivity contribution in [1.29, 1.82) is 0 Å². The summed E-state index contributed by atoms with van der Waals surface area (Å²) >= 11 is 5.86. The SMILES string of the molecule is O=c1cc[nH]c(=O)n1Cc1cc(F)ccc1Cl. The Morgan fingerprint density at radius 3 is 2.76 bits per heavy atom. The van der Waals surface area contributed by atoms with Gasteiger partial charge in [-0.05, 0) is 23.8 Å². The first-order valence-electron chi connectivity index (χ1n) is 4.80. The van der Waals surface area contributed by atoms with Crippen LogP contribution in [0, 0.1) is 5.82 Å². The number of nitrogens with zero attached hydrogens (tertiary/aromatic N) is 1. The molecule has 0 saturated heterocycles. The molecular formula is C11H8ClFN2O2. The van der Waals surface area contributed by atoms with Gasteiger partial charge in [0.15, 0.2) is 0 Å². The maximum Gasteiger partial charge on any atom is 0.328 e. The van der Waals surface area contributed by atoms with Gasteiger partial charge in [-0.3, -0.25) is 9.36 Å². The molecule has 0 amide bonds. The summed E-state index contributed by atoms with van der Waals surface area (Å²) in [5.74, 6) is -0.468. The van der Waals surface area contributed by atoms with Gasteiger partial charge in [0.1, 0.15) is 5.82 Å². The van der Waals surface area contributed by atoms with Crippen LogP contribution in [0.5, 0.6) is 0 Å². The summed E-state index contributed by atoms with van der Waals surface area (Å²) in [6.45, 7) is -0.0639. The fourth-order valence-corrected chi connectivity index (χ4v) is 1.61. The predicted octanol–water partition coefficient (Wildman–Crippen LogP) is 1.38. The van der Waals surface area contributed by atoms with Gasteiger partial charge in [0.05, 0.1) is 6.54 Å². The Bertz CT molecular complexity index is 635. The van der Waals surface area contributed by atoms with E-state index in [1.807, 2.05) is 0 Å². The largest absolute Gasteiger partial charge is 0.328 e. The van der Waals surface area contributed by atoms with Gasteiger partial charge in [0.25, 0.3) is 5.56 Å². The third-order valence-corrected chi connectivity index (χ3v) is 2.65. The second kappa shape index (κ2) is 4.55. The molecule has 0 unspecified atom stereocenters. The third kappa shape index (κ3) is 2.45. The lowest BCUT2D eigenvalue weighted by atomic mass is 10.2. The Labute approximate surface area is 100 Å². The molecule has 1 N–H and O–H groups in total. The third-order valence-electron chi connectivity index (χ3n) is 2.28. The minimum absolute atomic E-state index is 0.0639. The number of halogens is 2. The smallest absolute Gasteiger partial charge is 0.314 e. The number of H-pyrrole nitrogens is 1. The van der Waals surface area contributed by atoms with Gasteiger partial charge in [-0.2, -0.15) is 0 Å². The van der Waals surface area contributed by atoms with Gasteiger partial charge >= 0.3 is 5.69 Å². The minimum atomic E-state index is -0.558. The molecule has 0 atom stereocenters. The summed E-state index contributed by atoms with van der Waals surface area (Å²) in [5.41, 5.74) is -0.641. The molecule has 17 heavy (non-hydrogen) atoms. The molecule has 0 aliphatic rings. The van der Waals surface area contributed by atoms with Gasteiger partial charge in [-0.1, -0.05) is 11.6 Å². The lowest BCUT2D eigenvalue weighted by Crippen LogP contribution is -2.34. The zero-order valence-electron chi connectivity index (χ0n) is 8.61. The Balaban J connectivity index is 2.48. The summed E-state index contributed by atoms with van der Waals surface area (Å²) in [5, 5.41) is 0.307. The molecule has 1 aromatic heterocycles. The quantitative estimate of drug-likeness (QED) is 0.880. The molecule has 0 bridgehead atoms. The molecular weight excluding hydrogens is 247 g/mol. The first-order valence-corrected chi connectivity index (χ1v) is 5.18. The molecule has 0 saturated carbocycles. The van der Waals surface area contributed by atoms with Crippen molar-refractivity contribution in [1.82, 2.24) is 9.55 Å². The standard InChI is InChI=1S/C11H8ClFN2O2/c12-9-2-1-8(13)5-7(9)6-15-10(16)3-4-14-11(15)17/h1-5H,6H2,(H,14,17). The summed E-state index contributed by atoms with van der Waals surface area (Å²) in [6.07, 6.45) is 1.26. The highest BCUT2D eigenvalue weighted by molar-refractivity contribution is 6.31. The number of aromatic nitrogens is 2. The highest BCUT2D eigenvalue weighted by atomic mass is 35.5. The van der Waals surface area contributed by atoms with Crippen molar-refractivity contribution in [2.24, 2.45) is 0 Å². The van der Waals surface area contributed by atoms with E-state index in [1.54, 1.807) is 0 Å². The highest BCUT2D eigenvalue weighted by Crippen LogP contribution is 2.17. The van der Waals surface area contributed by atoms with Crippen LogP contribution in [0.15, 0.2) is 40.1 Å². The number of aromatic amines is 1. The van der Waals surface area contributed by atoms with Crippen molar-refractivity contribution in [3.8, 4) is 0 Å². The fraction of sp³-hybridized carbons (Fsp3) is 0.0909. The van der Waals surface area contributed by atoms with Crippen molar-refractivity contribution in [2.45, 2.75) is 6.54 Å². The summed E-state index contributed by atoms with van der Waals surface area (Å²) in [7, 11) is 0. The van der Waals surface area contributed by atoms with Gasteiger partial charge in [-0.15, -0.1) is 0 Å². The van der Waals surface area contributed by atoms with Crippen molar-refractivity contribution in [3.05, 3.63) is 67.7 Å². The molecule has 1 heterocycles. The predicted molar refractivity (Wildman–Crippen MR) is 61.8 cm³/mol. The topological polar surface area (TPSA) is 54.9 Å². The molecule has 0 radical (unpaired) electrons. The molecule has 0 aliphatic heterocycles. The van der Waals surface area contributed by atoms with Crippen LogP contribution in [0.1, 0.15) is 5.56 Å². The van der Waals surface area contributed by atoms with E-state index in [0.29, 0.717) is 10.6 Å². The Morgan fingerprint density at radius 1 is 1.29 bits per heavy atom. The molecule has 6 heteroatoms. The Morgan fingerprint density at radius 2 is 2.06 bits per heavy atom. The van der Waals surface area contributed by atoms with Crippen LogP contribution in [0.3, 0.4) is 0 Å². The van der Waals surface area contributed by atoms with E-state index in [1.165, 1.54) is 30.5 Å². The number of benzene rings is 1. The zero-order chi connectivity index (χ0) is 12.4. The van der Waals surface area contributed by atoms with Crippen LogP contribution in [0.2, 0.25) is 5.02 Å². The lowest BCUT2D eigenvalue weighted by molar-refractivity contribution is 0.620. The van der Waals surface area contributed by atoms with E-state index in [-0.39, 0.29) is 6.54 Å². The monoisotopic (exact) mass is 254 g/mol. The molecule has 2 aromatic rings. The van der Waals surface area contributed by atoms with Gasteiger partial charge in [0, 0.05) is 17.3 Å². The molecule has 2 rings (SSSR count). The van der Waals surface area contributed by atoms with Crippen molar-refractivity contribution >= 4 is 11.6 Å². The Kier molecular flexibility index (Phi) is 3.10. The highest BCUT2D eigenvalue weighted by Gasteiger charge is 2.06. The number of rotatable bonds is 2. The first-order chi connectivity index (χ1) is 8.08. The van der Waals surface area contributed by atoms with Gasteiger partial charge < -0.3 is 4.98 Å². The van der Waals surface area contributed by atoms with Crippen molar-refractivity contribution in [2.75, 3.05) is 0 Å². The number of nitrogens with one attached hydrogen (secondary N) is 1. The fourth-order valence-electron chi connectivity index (χ4n) is 1.44. The van der Waals surface area contributed by atoms with Crippen molar-refractivity contribution in [3.63, 3.8) is 0 Å². The van der Waals surface area contributed by atoms with Crippen molar-refractivity contribution < 1.29 is 4.39 Å². The maximum absolute atomic E-state index is 13.0. The Hall–Kier alpha value is -1.88. The van der Waals surface area contributed by atoms with Gasteiger partial charge in [0.2, 0.25) is 0 Å². The molecule has 0 spiro atoms. The molecule has 1 aromatic carbocycles. The molecule has 0 fully saturated rings.